The third-order valence-electron chi connectivity index (χ3n) is 4.52. The zero-order valence-corrected chi connectivity index (χ0v) is 19.5. The number of nitrogens with zero attached hydrogens (tertiary/aromatic N) is 5. The van der Waals surface area contributed by atoms with Gasteiger partial charge in [0.05, 0.1) is 18.5 Å². The van der Waals surface area contributed by atoms with Crippen LogP contribution in [0.5, 0.6) is 5.75 Å². The van der Waals surface area contributed by atoms with Crippen molar-refractivity contribution in [2.75, 3.05) is 7.11 Å². The Balaban J connectivity index is 1.58. The minimum Gasteiger partial charge on any atom is -0.497 e. The smallest absolute Gasteiger partial charge is 0.274 e. The van der Waals surface area contributed by atoms with Gasteiger partial charge in [0.15, 0.2) is 10.9 Å². The first-order chi connectivity index (χ1) is 15.6. The van der Waals surface area contributed by atoms with Crippen molar-refractivity contribution in [2.45, 2.75) is 17.5 Å². The summed E-state index contributed by atoms with van der Waals surface area (Å²) in [6.07, 6.45) is 3.36. The molecule has 0 unspecified atom stereocenters. The number of carbonyl (C=O) groups is 1. The SMILES string of the molecule is COc1cccc(CNC(=O)c2nnn(-c3ccc(Br)cc3)c2CSc2ncccn2)c1. The summed E-state index contributed by atoms with van der Waals surface area (Å²) in [4.78, 5) is 21.5. The van der Waals surface area contributed by atoms with Crippen LogP contribution < -0.4 is 10.1 Å². The third kappa shape index (κ3) is 5.32. The second kappa shape index (κ2) is 10.4. The van der Waals surface area contributed by atoms with E-state index in [2.05, 4.69) is 41.5 Å². The summed E-state index contributed by atoms with van der Waals surface area (Å²) in [5.41, 5.74) is 2.65. The fourth-order valence-corrected chi connectivity index (χ4v) is 4.00. The number of amides is 1. The molecule has 32 heavy (non-hydrogen) atoms. The zero-order chi connectivity index (χ0) is 22.3. The Morgan fingerprint density at radius 3 is 2.66 bits per heavy atom. The van der Waals surface area contributed by atoms with E-state index < -0.39 is 0 Å². The maximum Gasteiger partial charge on any atom is 0.274 e. The van der Waals surface area contributed by atoms with Gasteiger partial charge in [0.2, 0.25) is 0 Å². The second-order valence-electron chi connectivity index (χ2n) is 6.63. The molecule has 1 amide bonds. The van der Waals surface area contributed by atoms with Crippen molar-refractivity contribution in [1.82, 2.24) is 30.3 Å². The molecule has 10 heteroatoms. The Labute approximate surface area is 197 Å². The lowest BCUT2D eigenvalue weighted by atomic mass is 10.2. The molecule has 2 aromatic heterocycles. The van der Waals surface area contributed by atoms with E-state index in [1.165, 1.54) is 11.8 Å². The monoisotopic (exact) mass is 510 g/mol. The van der Waals surface area contributed by atoms with Crippen LogP contribution in [0, 0.1) is 0 Å². The molecule has 2 heterocycles. The molecule has 0 saturated heterocycles. The Morgan fingerprint density at radius 1 is 1.12 bits per heavy atom. The number of aromatic nitrogens is 5. The van der Waals surface area contributed by atoms with Crippen LogP contribution in [0.25, 0.3) is 5.69 Å². The quantitative estimate of drug-likeness (QED) is 0.282. The van der Waals surface area contributed by atoms with Crippen LogP contribution in [0.4, 0.5) is 0 Å². The molecule has 8 nitrogen and oxygen atoms in total. The van der Waals surface area contributed by atoms with E-state index in [0.29, 0.717) is 23.1 Å². The van der Waals surface area contributed by atoms with Crippen LogP contribution in [0.1, 0.15) is 21.7 Å². The van der Waals surface area contributed by atoms with Crippen LogP contribution in [-0.4, -0.2) is 38.0 Å². The zero-order valence-electron chi connectivity index (χ0n) is 17.1. The fourth-order valence-electron chi connectivity index (χ4n) is 2.94. The van der Waals surface area contributed by atoms with Crippen molar-refractivity contribution >= 4 is 33.6 Å². The molecule has 1 N–H and O–H groups in total. The largest absolute Gasteiger partial charge is 0.497 e. The molecule has 0 atom stereocenters. The van der Waals surface area contributed by atoms with Crippen molar-refractivity contribution in [3.8, 4) is 11.4 Å². The molecule has 4 rings (SSSR count). The highest BCUT2D eigenvalue weighted by molar-refractivity contribution is 9.10. The number of carbonyl (C=O) groups excluding carboxylic acids is 1. The van der Waals surface area contributed by atoms with Gasteiger partial charge in [-0.3, -0.25) is 4.79 Å². The molecule has 162 valence electrons. The summed E-state index contributed by atoms with van der Waals surface area (Å²) in [7, 11) is 1.61. The average molecular weight is 511 g/mol. The van der Waals surface area contributed by atoms with Crippen LogP contribution in [0.3, 0.4) is 0 Å². The minimum absolute atomic E-state index is 0.263. The molecule has 2 aromatic carbocycles. The summed E-state index contributed by atoms with van der Waals surface area (Å²) in [6, 6.07) is 16.9. The van der Waals surface area contributed by atoms with Crippen LogP contribution in [0.2, 0.25) is 0 Å². The van der Waals surface area contributed by atoms with E-state index in [4.69, 9.17) is 4.74 Å². The lowest BCUT2D eigenvalue weighted by Gasteiger charge is -2.09. The Bertz CT molecular complexity index is 1200. The predicted molar refractivity (Wildman–Crippen MR) is 125 cm³/mol. The van der Waals surface area contributed by atoms with E-state index in [1.54, 1.807) is 30.3 Å². The molecule has 0 bridgehead atoms. The number of thioether (sulfide) groups is 1. The van der Waals surface area contributed by atoms with Gasteiger partial charge in [0.1, 0.15) is 5.75 Å². The fraction of sp³-hybridized carbons (Fsp3) is 0.136. The Kier molecular flexibility index (Phi) is 7.13. The minimum atomic E-state index is -0.305. The van der Waals surface area contributed by atoms with E-state index in [0.717, 1.165) is 21.5 Å². The third-order valence-corrected chi connectivity index (χ3v) is 5.93. The van der Waals surface area contributed by atoms with Gasteiger partial charge < -0.3 is 10.1 Å². The first-order valence-corrected chi connectivity index (χ1v) is 11.4. The lowest BCUT2D eigenvalue weighted by Crippen LogP contribution is -2.24. The van der Waals surface area contributed by atoms with Crippen molar-refractivity contribution in [2.24, 2.45) is 0 Å². The molecule has 0 fully saturated rings. The Hall–Kier alpha value is -3.24. The number of halogens is 1. The summed E-state index contributed by atoms with van der Waals surface area (Å²) in [5.74, 6) is 0.855. The van der Waals surface area contributed by atoms with Gasteiger partial charge in [-0.25, -0.2) is 14.6 Å². The van der Waals surface area contributed by atoms with Gasteiger partial charge in [-0.1, -0.05) is 45.0 Å². The number of methoxy groups -OCH3 is 1. The average Bonchev–Trinajstić information content (AvgIpc) is 3.26. The molecule has 0 spiro atoms. The molecular weight excluding hydrogens is 492 g/mol. The highest BCUT2D eigenvalue weighted by atomic mass is 79.9. The standard InChI is InChI=1S/C22H19BrN6O2S/c1-31-18-5-2-4-15(12-18)13-26-21(30)20-19(14-32-22-24-10-3-11-25-22)29(28-27-20)17-8-6-16(23)7-9-17/h2-12H,13-14H2,1H3,(H,26,30). The van der Waals surface area contributed by atoms with Gasteiger partial charge in [0, 0.05) is 29.2 Å². The molecular formula is C22H19BrN6O2S. The topological polar surface area (TPSA) is 94.8 Å². The predicted octanol–water partition coefficient (Wildman–Crippen LogP) is 4.05. The highest BCUT2D eigenvalue weighted by Gasteiger charge is 2.21. The van der Waals surface area contributed by atoms with Gasteiger partial charge in [-0.15, -0.1) is 5.10 Å². The van der Waals surface area contributed by atoms with Crippen molar-refractivity contribution in [1.29, 1.82) is 0 Å². The second-order valence-corrected chi connectivity index (χ2v) is 8.49. The number of nitrogens with one attached hydrogen (secondary N) is 1. The lowest BCUT2D eigenvalue weighted by molar-refractivity contribution is 0.0945. The van der Waals surface area contributed by atoms with Gasteiger partial charge in [-0.2, -0.15) is 0 Å². The normalized spacial score (nSPS) is 10.7. The van der Waals surface area contributed by atoms with Gasteiger partial charge >= 0.3 is 0 Å². The number of hydrogen-bond acceptors (Lipinski definition) is 7. The number of ether oxygens (including phenoxy) is 1. The van der Waals surface area contributed by atoms with Crippen molar-refractivity contribution in [3.05, 3.63) is 88.4 Å². The van der Waals surface area contributed by atoms with Gasteiger partial charge in [-0.05, 0) is 48.0 Å². The highest BCUT2D eigenvalue weighted by Crippen LogP contribution is 2.23. The van der Waals surface area contributed by atoms with Crippen LogP contribution in [0.15, 0.2) is 76.6 Å². The molecule has 0 aliphatic heterocycles. The van der Waals surface area contributed by atoms with Gasteiger partial charge in [0.25, 0.3) is 5.91 Å². The summed E-state index contributed by atoms with van der Waals surface area (Å²) >= 11 is 4.85. The van der Waals surface area contributed by atoms with Crippen molar-refractivity contribution < 1.29 is 9.53 Å². The Morgan fingerprint density at radius 2 is 1.91 bits per heavy atom. The molecule has 0 saturated carbocycles. The summed E-state index contributed by atoms with van der Waals surface area (Å²) < 4.78 is 7.86. The summed E-state index contributed by atoms with van der Waals surface area (Å²) in [5, 5.41) is 12.0. The molecule has 0 radical (unpaired) electrons. The first kappa shape index (κ1) is 22.0. The van der Waals surface area contributed by atoms with E-state index in [1.807, 2.05) is 48.5 Å². The number of hydrogen-bond donors (Lipinski definition) is 1. The maximum atomic E-state index is 13.0. The van der Waals surface area contributed by atoms with Crippen molar-refractivity contribution in [3.63, 3.8) is 0 Å². The molecule has 0 aliphatic carbocycles. The maximum absolute atomic E-state index is 13.0. The van der Waals surface area contributed by atoms with E-state index in [-0.39, 0.29) is 11.6 Å². The van der Waals surface area contributed by atoms with Crippen LogP contribution in [-0.2, 0) is 12.3 Å². The van der Waals surface area contributed by atoms with E-state index >= 15 is 0 Å². The molecule has 0 aliphatic rings. The van der Waals surface area contributed by atoms with Crippen LogP contribution >= 0.6 is 27.7 Å². The summed E-state index contributed by atoms with van der Waals surface area (Å²) in [6.45, 7) is 0.343. The first-order valence-electron chi connectivity index (χ1n) is 9.65. The number of benzene rings is 2. The van der Waals surface area contributed by atoms with E-state index in [9.17, 15) is 4.79 Å². The molecule has 4 aromatic rings. The number of rotatable bonds is 8.